The average molecular weight is 734 g/mol. The molecule has 0 N–H and O–H groups in total. The second-order valence-electron chi connectivity index (χ2n) is 14.1. The molecule has 0 unspecified atom stereocenters. The summed E-state index contributed by atoms with van der Waals surface area (Å²) in [6.07, 6.45) is 5.53. The Morgan fingerprint density at radius 2 is 0.839 bits per heavy atom. The zero-order valence-electron chi connectivity index (χ0n) is 30.0. The molecule has 0 fully saturated rings. The van der Waals surface area contributed by atoms with Crippen LogP contribution in [0.5, 0.6) is 0 Å². The zero-order valence-corrected chi connectivity index (χ0v) is 30.9. The molecule has 0 bridgehead atoms. The molecule has 262 valence electrons. The van der Waals surface area contributed by atoms with Gasteiger partial charge in [-0.1, -0.05) is 133 Å². The van der Waals surface area contributed by atoms with Gasteiger partial charge >= 0.3 is 0 Å². The second kappa shape index (κ2) is 13.1. The first-order chi connectivity index (χ1) is 27.7. The van der Waals surface area contributed by atoms with Crippen LogP contribution in [-0.4, -0.2) is 24.9 Å². The van der Waals surface area contributed by atoms with E-state index in [0.717, 1.165) is 39.1 Å². The molecule has 0 radical (unpaired) electrons. The van der Waals surface area contributed by atoms with Gasteiger partial charge in [0.1, 0.15) is 0 Å². The van der Waals surface area contributed by atoms with Crippen molar-refractivity contribution in [3.63, 3.8) is 0 Å². The van der Waals surface area contributed by atoms with Crippen molar-refractivity contribution in [2.24, 2.45) is 0 Å². The molecule has 0 atom stereocenters. The van der Waals surface area contributed by atoms with Crippen LogP contribution >= 0.6 is 11.8 Å². The molecule has 6 aromatic carbocycles. The Labute approximate surface area is 328 Å². The van der Waals surface area contributed by atoms with Crippen LogP contribution < -0.4 is 0 Å². The van der Waals surface area contributed by atoms with Gasteiger partial charge in [-0.25, -0.2) is 15.0 Å². The minimum atomic E-state index is -0.590. The highest BCUT2D eigenvalue weighted by Crippen LogP contribution is 2.62. The fraction of sp³-hybridized carbons (Fsp3) is 0.0200. The molecule has 9 aromatic rings. The van der Waals surface area contributed by atoms with E-state index < -0.39 is 5.41 Å². The molecular formula is C50H31N5S. The van der Waals surface area contributed by atoms with Gasteiger partial charge in [0, 0.05) is 50.6 Å². The maximum atomic E-state index is 5.14. The van der Waals surface area contributed by atoms with Gasteiger partial charge in [-0.2, -0.15) is 0 Å². The number of pyridine rings is 2. The lowest BCUT2D eigenvalue weighted by atomic mass is 9.66. The lowest BCUT2D eigenvalue weighted by Crippen LogP contribution is -2.32. The Kier molecular flexibility index (Phi) is 7.57. The van der Waals surface area contributed by atoms with Crippen LogP contribution in [0, 0.1) is 0 Å². The summed E-state index contributed by atoms with van der Waals surface area (Å²) in [7, 11) is 0. The summed E-state index contributed by atoms with van der Waals surface area (Å²) in [6, 6.07) is 60.2. The van der Waals surface area contributed by atoms with Crippen LogP contribution in [0.2, 0.25) is 0 Å². The van der Waals surface area contributed by atoms with E-state index in [4.69, 9.17) is 19.9 Å². The summed E-state index contributed by atoms with van der Waals surface area (Å²) in [5.41, 5.74) is 14.0. The Hall–Kier alpha value is -7.02. The summed E-state index contributed by atoms with van der Waals surface area (Å²) in [5, 5.41) is 0. The summed E-state index contributed by atoms with van der Waals surface area (Å²) in [5.74, 6) is 1.93. The van der Waals surface area contributed by atoms with Crippen molar-refractivity contribution in [2.75, 3.05) is 0 Å². The molecule has 56 heavy (non-hydrogen) atoms. The van der Waals surface area contributed by atoms with Gasteiger partial charge in [0.25, 0.3) is 0 Å². The smallest absolute Gasteiger partial charge is 0.164 e. The van der Waals surface area contributed by atoms with E-state index in [1.165, 1.54) is 43.2 Å². The maximum Gasteiger partial charge on any atom is 0.164 e. The lowest BCUT2D eigenvalue weighted by molar-refractivity contribution is 0.723. The third-order valence-electron chi connectivity index (χ3n) is 11.0. The number of hydrogen-bond donors (Lipinski definition) is 0. The summed E-state index contributed by atoms with van der Waals surface area (Å²) in [6.45, 7) is 0. The van der Waals surface area contributed by atoms with Crippen LogP contribution in [0.3, 0.4) is 0 Å². The van der Waals surface area contributed by atoms with Crippen molar-refractivity contribution in [1.82, 2.24) is 24.9 Å². The van der Waals surface area contributed by atoms with Crippen LogP contribution in [0.25, 0.3) is 67.7 Å². The highest BCUT2D eigenvalue weighted by molar-refractivity contribution is 7.99. The Bertz CT molecular complexity index is 2850. The van der Waals surface area contributed by atoms with E-state index in [1.54, 1.807) is 0 Å². The molecule has 11 rings (SSSR count). The Balaban J connectivity index is 1.15. The zero-order chi connectivity index (χ0) is 37.1. The van der Waals surface area contributed by atoms with Crippen LogP contribution in [-0.2, 0) is 5.41 Å². The van der Waals surface area contributed by atoms with Crippen molar-refractivity contribution in [1.29, 1.82) is 0 Å². The van der Waals surface area contributed by atoms with Gasteiger partial charge in [-0.3, -0.25) is 9.97 Å². The topological polar surface area (TPSA) is 64.5 Å². The first kappa shape index (κ1) is 32.4. The van der Waals surface area contributed by atoms with E-state index in [1.807, 2.05) is 78.9 Å². The average Bonchev–Trinajstić information content (AvgIpc) is 3.57. The third-order valence-corrected chi connectivity index (χ3v) is 12.1. The summed E-state index contributed by atoms with van der Waals surface area (Å²) < 4.78 is 0. The van der Waals surface area contributed by atoms with Crippen molar-refractivity contribution in [2.45, 2.75) is 15.2 Å². The van der Waals surface area contributed by atoms with E-state index in [2.05, 4.69) is 126 Å². The summed E-state index contributed by atoms with van der Waals surface area (Å²) in [4.78, 5) is 26.7. The van der Waals surface area contributed by atoms with Crippen LogP contribution in [0.4, 0.5) is 0 Å². The van der Waals surface area contributed by atoms with E-state index >= 15 is 0 Å². The molecule has 0 amide bonds. The first-order valence-electron chi connectivity index (χ1n) is 18.6. The molecule has 3 aromatic heterocycles. The van der Waals surface area contributed by atoms with Gasteiger partial charge in [-0.15, -0.1) is 0 Å². The van der Waals surface area contributed by atoms with Gasteiger partial charge in [0.15, 0.2) is 17.5 Å². The molecule has 6 heteroatoms. The highest BCUT2D eigenvalue weighted by Gasteiger charge is 2.50. The number of hydrogen-bond acceptors (Lipinski definition) is 6. The standard InChI is InChI=1S/C50H31N5S/c1-3-11-33(12-4-1)47-53-48(34-13-5-2-6-14-34)55-49(54-47)37-20-22-46-43(30-37)50(40-17-9-7-15-38(40)39-16-8-10-18-41(39)50)42-29-35(19-21-45(42)56-46)36-25-28-52-44(31-36)32-23-26-51-27-24-32/h1-31H. The second-order valence-corrected chi connectivity index (χ2v) is 15.2. The van der Waals surface area contributed by atoms with Gasteiger partial charge in [-0.05, 0) is 93.0 Å². The van der Waals surface area contributed by atoms with E-state index in [9.17, 15) is 0 Å². The van der Waals surface area contributed by atoms with E-state index in [0.29, 0.717) is 17.5 Å². The Morgan fingerprint density at radius 1 is 0.357 bits per heavy atom. The van der Waals surface area contributed by atoms with Gasteiger partial charge in [0.2, 0.25) is 0 Å². The molecule has 4 heterocycles. The number of benzene rings is 6. The number of rotatable bonds is 5. The molecule has 1 aliphatic heterocycles. The van der Waals surface area contributed by atoms with Crippen molar-refractivity contribution in [3.8, 4) is 67.7 Å². The SMILES string of the molecule is c1ccc(-c2nc(-c3ccccc3)nc(-c3ccc4c(c3)C3(c5cc(-c6ccnc(-c7ccncc7)c6)ccc5S4)c4ccccc4-c4ccccc43)n2)cc1. The fourth-order valence-electron chi connectivity index (χ4n) is 8.45. The fourth-order valence-corrected chi connectivity index (χ4v) is 9.60. The van der Waals surface area contributed by atoms with Crippen molar-refractivity contribution < 1.29 is 0 Å². The predicted octanol–water partition coefficient (Wildman–Crippen LogP) is 11.8. The molecule has 0 saturated carbocycles. The number of nitrogens with zero attached hydrogens (tertiary/aromatic N) is 5. The maximum absolute atomic E-state index is 5.14. The largest absolute Gasteiger partial charge is 0.265 e. The van der Waals surface area contributed by atoms with Crippen LogP contribution in [0.15, 0.2) is 198 Å². The quantitative estimate of drug-likeness (QED) is 0.175. The number of fused-ring (bicyclic) bond motifs is 9. The molecule has 1 spiro atoms. The minimum absolute atomic E-state index is 0.590. The molecule has 0 saturated heterocycles. The Morgan fingerprint density at radius 3 is 1.45 bits per heavy atom. The normalized spacial score (nSPS) is 13.1. The van der Waals surface area contributed by atoms with Gasteiger partial charge in [0.05, 0.1) is 11.1 Å². The van der Waals surface area contributed by atoms with Crippen molar-refractivity contribution >= 4 is 11.8 Å². The predicted molar refractivity (Wildman–Crippen MR) is 224 cm³/mol. The summed E-state index contributed by atoms with van der Waals surface area (Å²) >= 11 is 1.83. The molecule has 2 aliphatic rings. The lowest BCUT2D eigenvalue weighted by Gasteiger charge is -2.40. The molecular weight excluding hydrogens is 703 g/mol. The van der Waals surface area contributed by atoms with E-state index in [-0.39, 0.29) is 0 Å². The monoisotopic (exact) mass is 733 g/mol. The number of aromatic nitrogens is 5. The first-order valence-corrected chi connectivity index (χ1v) is 19.5. The van der Waals surface area contributed by atoms with Gasteiger partial charge < -0.3 is 0 Å². The van der Waals surface area contributed by atoms with Crippen LogP contribution in [0.1, 0.15) is 22.3 Å². The molecule has 5 nitrogen and oxygen atoms in total. The minimum Gasteiger partial charge on any atom is -0.265 e. The highest BCUT2D eigenvalue weighted by atomic mass is 32.2. The van der Waals surface area contributed by atoms with Crippen molar-refractivity contribution in [3.05, 3.63) is 211 Å². The third kappa shape index (κ3) is 5.14. The molecule has 1 aliphatic carbocycles.